The minimum atomic E-state index is -0.300. The van der Waals surface area contributed by atoms with Gasteiger partial charge in [0.1, 0.15) is 3.92 Å². The number of nitrogens with one attached hydrogen (secondary N) is 1. The molecule has 1 amide bonds. The van der Waals surface area contributed by atoms with E-state index >= 15 is 0 Å². The minimum absolute atomic E-state index is 0.0474. The standard InChI is InChI=1S/C13H22INO3/c1-18-13(17)11(14)9-15-12(16)8-7-10-5-3-2-4-6-10/h10-11H,2-9H2,1H3,(H,15,16). The van der Waals surface area contributed by atoms with E-state index in [4.69, 9.17) is 0 Å². The third-order valence-electron chi connectivity index (χ3n) is 3.44. The molecule has 0 aromatic carbocycles. The van der Waals surface area contributed by atoms with Crippen LogP contribution >= 0.6 is 22.6 Å². The molecule has 5 heteroatoms. The second-order valence-corrected chi connectivity index (χ2v) is 6.34. The lowest BCUT2D eigenvalue weighted by molar-refractivity contribution is -0.139. The Morgan fingerprint density at radius 3 is 2.61 bits per heavy atom. The van der Waals surface area contributed by atoms with Crippen LogP contribution in [0.15, 0.2) is 0 Å². The first-order valence-corrected chi connectivity index (χ1v) is 7.86. The van der Waals surface area contributed by atoms with Crippen molar-refractivity contribution >= 4 is 34.5 Å². The molecule has 1 aliphatic rings. The van der Waals surface area contributed by atoms with Crippen molar-refractivity contribution in [2.24, 2.45) is 5.92 Å². The third kappa shape index (κ3) is 6.02. The van der Waals surface area contributed by atoms with Crippen molar-refractivity contribution < 1.29 is 14.3 Å². The highest BCUT2D eigenvalue weighted by atomic mass is 127. The summed E-state index contributed by atoms with van der Waals surface area (Å²) >= 11 is 1.98. The maximum absolute atomic E-state index is 11.6. The van der Waals surface area contributed by atoms with E-state index < -0.39 is 0 Å². The van der Waals surface area contributed by atoms with Gasteiger partial charge in [-0.25, -0.2) is 0 Å². The summed E-state index contributed by atoms with van der Waals surface area (Å²) in [4.78, 5) is 22.8. The molecule has 0 aliphatic heterocycles. The summed E-state index contributed by atoms with van der Waals surface area (Å²) in [5.41, 5.74) is 0. The van der Waals surface area contributed by atoms with Gasteiger partial charge in [-0.1, -0.05) is 54.7 Å². The molecule has 0 heterocycles. The zero-order valence-corrected chi connectivity index (χ0v) is 13.1. The first-order valence-electron chi connectivity index (χ1n) is 6.62. The zero-order chi connectivity index (χ0) is 13.4. The van der Waals surface area contributed by atoms with Crippen molar-refractivity contribution in [3.63, 3.8) is 0 Å². The molecular weight excluding hydrogens is 345 g/mol. The Kier molecular flexibility index (Phi) is 7.62. The SMILES string of the molecule is COC(=O)C(I)CNC(=O)CCC1CCCCC1. The summed E-state index contributed by atoms with van der Waals surface area (Å²) in [6.45, 7) is 0.358. The Hall–Kier alpha value is -0.330. The molecular formula is C13H22INO3. The van der Waals surface area contributed by atoms with E-state index in [1.165, 1.54) is 39.2 Å². The predicted octanol–water partition coefficient (Wildman–Crippen LogP) is 2.44. The number of halogens is 1. The minimum Gasteiger partial charge on any atom is -0.468 e. The summed E-state index contributed by atoms with van der Waals surface area (Å²) in [7, 11) is 1.36. The number of hydrogen-bond donors (Lipinski definition) is 1. The van der Waals surface area contributed by atoms with Gasteiger partial charge in [-0.05, 0) is 12.3 Å². The summed E-state index contributed by atoms with van der Waals surface area (Å²) in [5.74, 6) is 0.481. The molecule has 1 rings (SSSR count). The molecule has 18 heavy (non-hydrogen) atoms. The first-order chi connectivity index (χ1) is 8.63. The quantitative estimate of drug-likeness (QED) is 0.446. The van der Waals surface area contributed by atoms with Crippen LogP contribution < -0.4 is 5.32 Å². The van der Waals surface area contributed by atoms with Crippen LogP contribution in [0.5, 0.6) is 0 Å². The topological polar surface area (TPSA) is 55.4 Å². The average molecular weight is 367 g/mol. The Labute approximate surface area is 122 Å². The number of amides is 1. The molecule has 0 radical (unpaired) electrons. The van der Waals surface area contributed by atoms with Crippen LogP contribution in [-0.4, -0.2) is 29.5 Å². The lowest BCUT2D eigenvalue weighted by Gasteiger charge is -2.21. The van der Waals surface area contributed by atoms with E-state index in [2.05, 4.69) is 10.1 Å². The zero-order valence-electron chi connectivity index (χ0n) is 10.9. The van der Waals surface area contributed by atoms with Gasteiger partial charge in [-0.2, -0.15) is 0 Å². The van der Waals surface area contributed by atoms with Crippen molar-refractivity contribution in [3.8, 4) is 0 Å². The second kappa shape index (κ2) is 8.72. The van der Waals surface area contributed by atoms with Crippen LogP contribution in [0.4, 0.5) is 0 Å². The van der Waals surface area contributed by atoms with Gasteiger partial charge in [-0.3, -0.25) is 9.59 Å². The molecule has 1 saturated carbocycles. The molecule has 0 spiro atoms. The van der Waals surface area contributed by atoms with Crippen molar-refractivity contribution in [2.45, 2.75) is 48.9 Å². The van der Waals surface area contributed by atoms with E-state index in [1.807, 2.05) is 22.6 Å². The van der Waals surface area contributed by atoms with Gasteiger partial charge in [0.05, 0.1) is 7.11 Å². The van der Waals surface area contributed by atoms with E-state index in [9.17, 15) is 9.59 Å². The highest BCUT2D eigenvalue weighted by Crippen LogP contribution is 2.27. The van der Waals surface area contributed by atoms with E-state index in [1.54, 1.807) is 0 Å². The molecule has 1 unspecified atom stereocenters. The average Bonchev–Trinajstić information content (AvgIpc) is 2.42. The highest BCUT2D eigenvalue weighted by molar-refractivity contribution is 14.1. The van der Waals surface area contributed by atoms with Gasteiger partial charge in [0.15, 0.2) is 0 Å². The normalized spacial score (nSPS) is 18.1. The fourth-order valence-corrected chi connectivity index (χ4v) is 2.79. The molecule has 0 saturated heterocycles. The molecule has 0 aromatic rings. The van der Waals surface area contributed by atoms with Crippen molar-refractivity contribution in [1.29, 1.82) is 0 Å². The maximum Gasteiger partial charge on any atom is 0.320 e. The predicted molar refractivity (Wildman–Crippen MR) is 78.6 cm³/mol. The molecule has 0 bridgehead atoms. The number of hydrogen-bond acceptors (Lipinski definition) is 3. The number of methoxy groups -OCH3 is 1. The molecule has 1 aliphatic carbocycles. The van der Waals surface area contributed by atoms with Gasteiger partial charge < -0.3 is 10.1 Å². The van der Waals surface area contributed by atoms with Gasteiger partial charge in [0.25, 0.3) is 0 Å². The van der Waals surface area contributed by atoms with Crippen molar-refractivity contribution in [1.82, 2.24) is 5.32 Å². The maximum atomic E-state index is 11.6. The Balaban J connectivity index is 2.11. The van der Waals surface area contributed by atoms with Crippen molar-refractivity contribution in [3.05, 3.63) is 0 Å². The van der Waals surface area contributed by atoms with Crippen LogP contribution in [-0.2, 0) is 14.3 Å². The van der Waals surface area contributed by atoms with Gasteiger partial charge in [0.2, 0.25) is 5.91 Å². The van der Waals surface area contributed by atoms with Crippen LogP contribution in [0.1, 0.15) is 44.9 Å². The monoisotopic (exact) mass is 367 g/mol. The summed E-state index contributed by atoms with van der Waals surface area (Å²) in [6, 6.07) is 0. The number of ether oxygens (including phenoxy) is 1. The molecule has 1 atom stereocenters. The number of rotatable bonds is 6. The summed E-state index contributed by atoms with van der Waals surface area (Å²) < 4.78 is 4.30. The summed E-state index contributed by atoms with van der Waals surface area (Å²) in [5, 5.41) is 2.79. The van der Waals surface area contributed by atoms with Gasteiger partial charge in [-0.15, -0.1) is 0 Å². The lowest BCUT2D eigenvalue weighted by Crippen LogP contribution is -2.34. The van der Waals surface area contributed by atoms with Crippen LogP contribution in [0.25, 0.3) is 0 Å². The van der Waals surface area contributed by atoms with E-state index in [0.29, 0.717) is 13.0 Å². The Morgan fingerprint density at radius 1 is 1.33 bits per heavy atom. The highest BCUT2D eigenvalue weighted by Gasteiger charge is 2.17. The number of alkyl halides is 1. The van der Waals surface area contributed by atoms with Crippen LogP contribution in [0.3, 0.4) is 0 Å². The smallest absolute Gasteiger partial charge is 0.320 e. The largest absolute Gasteiger partial charge is 0.468 e. The Bertz CT molecular complexity index is 277. The third-order valence-corrected chi connectivity index (χ3v) is 4.39. The van der Waals surface area contributed by atoms with Gasteiger partial charge >= 0.3 is 5.97 Å². The van der Waals surface area contributed by atoms with E-state index in [0.717, 1.165) is 12.3 Å². The number of carbonyl (C=O) groups excluding carboxylic acids is 2. The first kappa shape index (κ1) is 15.7. The molecule has 1 N–H and O–H groups in total. The second-order valence-electron chi connectivity index (χ2n) is 4.84. The van der Waals surface area contributed by atoms with Crippen LogP contribution in [0.2, 0.25) is 0 Å². The van der Waals surface area contributed by atoms with Crippen LogP contribution in [0, 0.1) is 5.92 Å². The fourth-order valence-electron chi connectivity index (χ4n) is 2.31. The molecule has 4 nitrogen and oxygen atoms in total. The number of carbonyl (C=O) groups is 2. The Morgan fingerprint density at radius 2 is 2.00 bits per heavy atom. The molecule has 104 valence electrons. The number of esters is 1. The molecule has 1 fully saturated rings. The fraction of sp³-hybridized carbons (Fsp3) is 0.846. The van der Waals surface area contributed by atoms with Gasteiger partial charge in [0, 0.05) is 13.0 Å². The summed E-state index contributed by atoms with van der Waals surface area (Å²) in [6.07, 6.45) is 8.06. The molecule has 0 aromatic heterocycles. The van der Waals surface area contributed by atoms with E-state index in [-0.39, 0.29) is 15.8 Å². The van der Waals surface area contributed by atoms with Crippen molar-refractivity contribution in [2.75, 3.05) is 13.7 Å². The lowest BCUT2D eigenvalue weighted by atomic mass is 9.86.